The van der Waals surface area contributed by atoms with Crippen LogP contribution in [0.15, 0.2) is 35.7 Å². The normalized spacial score (nSPS) is 11.6. The van der Waals surface area contributed by atoms with Crippen LogP contribution in [-0.4, -0.2) is 40.5 Å². The van der Waals surface area contributed by atoms with Crippen molar-refractivity contribution >= 4 is 28.2 Å². The minimum Gasteiger partial charge on any atom is -0.478 e. The molecule has 0 radical (unpaired) electrons. The van der Waals surface area contributed by atoms with E-state index in [1.54, 1.807) is 5.38 Å². The molecule has 0 unspecified atom stereocenters. The van der Waals surface area contributed by atoms with Gasteiger partial charge in [-0.05, 0) is 32.9 Å². The summed E-state index contributed by atoms with van der Waals surface area (Å²) in [6, 6.07) is 9.32. The van der Waals surface area contributed by atoms with Crippen molar-refractivity contribution in [2.75, 3.05) is 18.4 Å². The highest BCUT2D eigenvalue weighted by molar-refractivity contribution is 7.15. The molecule has 0 saturated heterocycles. The first-order chi connectivity index (χ1) is 11.7. The van der Waals surface area contributed by atoms with Crippen LogP contribution >= 0.6 is 11.3 Å². The number of hydrogen-bond donors (Lipinski definition) is 2. The molecule has 1 heterocycles. The van der Waals surface area contributed by atoms with Crippen molar-refractivity contribution in [2.45, 2.75) is 33.2 Å². The van der Waals surface area contributed by atoms with E-state index >= 15 is 0 Å². The zero-order chi connectivity index (χ0) is 18.6. The highest BCUT2D eigenvalue weighted by Gasteiger charge is 2.24. The van der Waals surface area contributed by atoms with Crippen LogP contribution in [0, 0.1) is 0 Å². The molecule has 0 fully saturated rings. The SMILES string of the molecule is CCN(CC(=O)Nc1scc(-c2ccccc2)c1C(=O)O)C(C)(C)C. The third-order valence-electron chi connectivity index (χ3n) is 4.01. The Kier molecular flexibility index (Phi) is 5.98. The Balaban J connectivity index is 2.24. The number of carboxylic acid groups (broad SMARTS) is 1. The molecule has 25 heavy (non-hydrogen) atoms. The number of anilines is 1. The van der Waals surface area contributed by atoms with Gasteiger partial charge in [0.2, 0.25) is 5.91 Å². The van der Waals surface area contributed by atoms with Crippen molar-refractivity contribution in [1.29, 1.82) is 0 Å². The molecule has 5 nitrogen and oxygen atoms in total. The van der Waals surface area contributed by atoms with Crippen LogP contribution in [0.5, 0.6) is 0 Å². The minimum atomic E-state index is -1.04. The van der Waals surface area contributed by atoms with Crippen LogP contribution in [0.25, 0.3) is 11.1 Å². The summed E-state index contributed by atoms with van der Waals surface area (Å²) in [6.45, 7) is 9.10. The predicted molar refractivity (Wildman–Crippen MR) is 102 cm³/mol. The van der Waals surface area contributed by atoms with E-state index in [4.69, 9.17) is 0 Å². The molecule has 2 rings (SSSR count). The van der Waals surface area contributed by atoms with E-state index in [2.05, 4.69) is 5.32 Å². The molecule has 2 aromatic rings. The number of thiophene rings is 1. The Hall–Kier alpha value is -2.18. The van der Waals surface area contributed by atoms with Crippen molar-refractivity contribution in [3.8, 4) is 11.1 Å². The van der Waals surface area contributed by atoms with Crippen LogP contribution in [0.1, 0.15) is 38.1 Å². The molecule has 1 aromatic heterocycles. The first-order valence-corrected chi connectivity index (χ1v) is 9.07. The molecule has 0 aliphatic carbocycles. The number of carboxylic acids is 1. The van der Waals surface area contributed by atoms with E-state index in [-0.39, 0.29) is 23.6 Å². The fourth-order valence-electron chi connectivity index (χ4n) is 2.66. The summed E-state index contributed by atoms with van der Waals surface area (Å²) in [5, 5.41) is 14.5. The lowest BCUT2D eigenvalue weighted by molar-refractivity contribution is -0.118. The second kappa shape index (κ2) is 7.80. The van der Waals surface area contributed by atoms with Crippen LogP contribution < -0.4 is 5.32 Å². The average molecular weight is 360 g/mol. The molecule has 0 bridgehead atoms. The maximum absolute atomic E-state index is 12.4. The summed E-state index contributed by atoms with van der Waals surface area (Å²) in [5.74, 6) is -1.25. The Morgan fingerprint density at radius 1 is 1.20 bits per heavy atom. The fraction of sp³-hybridized carbons (Fsp3) is 0.368. The fourth-order valence-corrected chi connectivity index (χ4v) is 3.63. The summed E-state index contributed by atoms with van der Waals surface area (Å²) in [4.78, 5) is 26.2. The van der Waals surface area contributed by atoms with Crippen molar-refractivity contribution in [1.82, 2.24) is 4.90 Å². The summed E-state index contributed by atoms with van der Waals surface area (Å²) in [6.07, 6.45) is 0. The van der Waals surface area contributed by atoms with E-state index < -0.39 is 5.97 Å². The highest BCUT2D eigenvalue weighted by atomic mass is 32.1. The van der Waals surface area contributed by atoms with Gasteiger partial charge in [0.1, 0.15) is 10.6 Å². The third-order valence-corrected chi connectivity index (χ3v) is 4.90. The summed E-state index contributed by atoms with van der Waals surface area (Å²) in [5.41, 5.74) is 1.45. The lowest BCUT2D eigenvalue weighted by atomic mass is 10.0. The van der Waals surface area contributed by atoms with Gasteiger partial charge >= 0.3 is 5.97 Å². The second-order valence-corrected chi connectivity index (χ2v) is 7.64. The predicted octanol–water partition coefficient (Wildman–Crippen LogP) is 4.17. The van der Waals surface area contributed by atoms with E-state index in [1.807, 2.05) is 62.9 Å². The number of aromatic carboxylic acids is 1. The molecule has 1 aromatic carbocycles. The quantitative estimate of drug-likeness (QED) is 0.811. The summed E-state index contributed by atoms with van der Waals surface area (Å²) < 4.78 is 0. The Morgan fingerprint density at radius 2 is 1.84 bits per heavy atom. The number of hydrogen-bond acceptors (Lipinski definition) is 4. The number of nitrogens with zero attached hydrogens (tertiary/aromatic N) is 1. The molecule has 2 N–H and O–H groups in total. The summed E-state index contributed by atoms with van der Waals surface area (Å²) in [7, 11) is 0. The molecule has 0 aliphatic rings. The lowest BCUT2D eigenvalue weighted by Crippen LogP contribution is -2.45. The third kappa shape index (κ3) is 4.67. The van der Waals surface area contributed by atoms with Gasteiger partial charge < -0.3 is 10.4 Å². The van der Waals surface area contributed by atoms with Gasteiger partial charge in [-0.3, -0.25) is 9.69 Å². The number of carbonyl (C=O) groups is 2. The zero-order valence-corrected chi connectivity index (χ0v) is 15.8. The number of rotatable bonds is 6. The molecule has 0 atom stereocenters. The van der Waals surface area contributed by atoms with Gasteiger partial charge in [0.05, 0.1) is 6.54 Å². The Morgan fingerprint density at radius 3 is 2.36 bits per heavy atom. The molecular weight excluding hydrogens is 336 g/mol. The number of benzene rings is 1. The van der Waals surface area contributed by atoms with Crippen LogP contribution in [0.4, 0.5) is 5.00 Å². The van der Waals surface area contributed by atoms with E-state index in [0.717, 1.165) is 12.1 Å². The molecule has 6 heteroatoms. The maximum Gasteiger partial charge on any atom is 0.339 e. The monoisotopic (exact) mass is 360 g/mol. The minimum absolute atomic E-state index is 0.133. The second-order valence-electron chi connectivity index (χ2n) is 6.76. The van der Waals surface area contributed by atoms with Crippen molar-refractivity contribution in [3.05, 3.63) is 41.3 Å². The molecule has 134 valence electrons. The van der Waals surface area contributed by atoms with Gasteiger partial charge in [0, 0.05) is 16.5 Å². The Bertz CT molecular complexity index is 748. The van der Waals surface area contributed by atoms with Gasteiger partial charge in [-0.1, -0.05) is 37.3 Å². The smallest absolute Gasteiger partial charge is 0.339 e. The van der Waals surface area contributed by atoms with Crippen LogP contribution in [0.2, 0.25) is 0 Å². The molecule has 1 amide bonds. The van der Waals surface area contributed by atoms with Crippen molar-refractivity contribution < 1.29 is 14.7 Å². The van der Waals surface area contributed by atoms with Gasteiger partial charge in [0.15, 0.2) is 0 Å². The van der Waals surface area contributed by atoms with E-state index in [9.17, 15) is 14.7 Å². The number of carbonyl (C=O) groups excluding carboxylic acids is 1. The first kappa shape index (κ1) is 19.1. The van der Waals surface area contributed by atoms with E-state index in [1.165, 1.54) is 11.3 Å². The van der Waals surface area contributed by atoms with Crippen molar-refractivity contribution in [2.24, 2.45) is 0 Å². The average Bonchev–Trinajstić information content (AvgIpc) is 2.96. The zero-order valence-electron chi connectivity index (χ0n) is 15.0. The van der Waals surface area contributed by atoms with Gasteiger partial charge in [-0.25, -0.2) is 4.79 Å². The van der Waals surface area contributed by atoms with E-state index in [0.29, 0.717) is 10.6 Å². The van der Waals surface area contributed by atoms with Gasteiger partial charge in [-0.2, -0.15) is 0 Å². The lowest BCUT2D eigenvalue weighted by Gasteiger charge is -2.33. The van der Waals surface area contributed by atoms with Crippen molar-refractivity contribution in [3.63, 3.8) is 0 Å². The molecule has 0 spiro atoms. The summed E-state index contributed by atoms with van der Waals surface area (Å²) >= 11 is 1.24. The largest absolute Gasteiger partial charge is 0.478 e. The number of amides is 1. The standard InChI is InChI=1S/C19H24N2O3S/c1-5-21(19(2,3)4)11-15(22)20-17-16(18(23)24)14(12-25-17)13-9-7-6-8-10-13/h6-10,12H,5,11H2,1-4H3,(H,20,22)(H,23,24). The van der Waals surface area contributed by atoms with Crippen LogP contribution in [0.3, 0.4) is 0 Å². The van der Waals surface area contributed by atoms with Crippen LogP contribution in [-0.2, 0) is 4.79 Å². The van der Waals surface area contributed by atoms with Gasteiger partial charge in [-0.15, -0.1) is 11.3 Å². The maximum atomic E-state index is 12.4. The Labute approximate surface area is 152 Å². The molecule has 0 aliphatic heterocycles. The number of nitrogens with one attached hydrogen (secondary N) is 1. The molecule has 0 saturated carbocycles. The first-order valence-electron chi connectivity index (χ1n) is 8.19. The number of likely N-dealkylation sites (N-methyl/N-ethyl adjacent to an activating group) is 1. The molecular formula is C19H24N2O3S. The highest BCUT2D eigenvalue weighted by Crippen LogP contribution is 2.35. The van der Waals surface area contributed by atoms with Gasteiger partial charge in [0.25, 0.3) is 0 Å². The topological polar surface area (TPSA) is 69.6 Å².